The summed E-state index contributed by atoms with van der Waals surface area (Å²) in [6.07, 6.45) is -0.629. The number of benzene rings is 2. The smallest absolute Gasteiger partial charge is 0.260 e. The highest BCUT2D eigenvalue weighted by Gasteiger charge is 2.16. The lowest BCUT2D eigenvalue weighted by Crippen LogP contribution is -2.38. The molecule has 126 valence electrons. The van der Waals surface area contributed by atoms with Crippen LogP contribution in [-0.2, 0) is 4.79 Å². The first-order valence-electron chi connectivity index (χ1n) is 8.07. The fourth-order valence-corrected chi connectivity index (χ4v) is 2.34. The minimum Gasteiger partial charge on any atom is -0.481 e. The molecule has 2 aromatic carbocycles. The van der Waals surface area contributed by atoms with Gasteiger partial charge in [-0.15, -0.1) is 0 Å². The number of ether oxygens (including phenoxy) is 1. The standard InChI is InChI=1S/C20H23NO3/c1-14(17-8-5-4-6-9-17)13-21-20(23)16(3)24-19-11-7-10-18(12-19)15(2)22/h4-12,14,16H,13H2,1-3H3,(H,21,23)/t14-,16+/m0/s1. The van der Waals surface area contributed by atoms with E-state index < -0.39 is 6.10 Å². The van der Waals surface area contributed by atoms with Crippen LogP contribution in [0.3, 0.4) is 0 Å². The summed E-state index contributed by atoms with van der Waals surface area (Å²) in [5.74, 6) is 0.532. The molecule has 0 fully saturated rings. The first-order valence-corrected chi connectivity index (χ1v) is 8.07. The molecule has 0 spiro atoms. The molecule has 2 rings (SSSR count). The second-order valence-electron chi connectivity index (χ2n) is 5.90. The molecule has 0 aliphatic carbocycles. The van der Waals surface area contributed by atoms with Crippen molar-refractivity contribution in [1.29, 1.82) is 0 Å². The molecule has 2 aromatic rings. The van der Waals surface area contributed by atoms with Gasteiger partial charge in [0.1, 0.15) is 5.75 Å². The van der Waals surface area contributed by atoms with E-state index in [1.807, 2.05) is 30.3 Å². The predicted molar refractivity (Wildman–Crippen MR) is 94.4 cm³/mol. The van der Waals surface area contributed by atoms with E-state index in [9.17, 15) is 9.59 Å². The van der Waals surface area contributed by atoms with Gasteiger partial charge in [-0.05, 0) is 37.5 Å². The molecule has 0 aliphatic rings. The van der Waals surface area contributed by atoms with Gasteiger partial charge in [0.2, 0.25) is 0 Å². The van der Waals surface area contributed by atoms with Crippen molar-refractivity contribution in [2.24, 2.45) is 0 Å². The lowest BCUT2D eigenvalue weighted by molar-refractivity contribution is -0.127. The van der Waals surface area contributed by atoms with Crippen molar-refractivity contribution in [3.8, 4) is 5.75 Å². The number of carbonyl (C=O) groups excluding carboxylic acids is 2. The Hall–Kier alpha value is -2.62. The summed E-state index contributed by atoms with van der Waals surface area (Å²) in [7, 11) is 0. The topological polar surface area (TPSA) is 55.4 Å². The maximum Gasteiger partial charge on any atom is 0.260 e. The van der Waals surface area contributed by atoms with Crippen LogP contribution in [0, 0.1) is 0 Å². The summed E-state index contributed by atoms with van der Waals surface area (Å²) in [5, 5.41) is 2.91. The lowest BCUT2D eigenvalue weighted by atomic mass is 10.0. The molecule has 4 heteroatoms. The van der Waals surface area contributed by atoms with E-state index in [-0.39, 0.29) is 17.6 Å². The van der Waals surface area contributed by atoms with E-state index in [0.717, 1.165) is 0 Å². The van der Waals surface area contributed by atoms with Crippen molar-refractivity contribution < 1.29 is 14.3 Å². The zero-order valence-corrected chi connectivity index (χ0v) is 14.3. The number of amides is 1. The van der Waals surface area contributed by atoms with Gasteiger partial charge in [-0.3, -0.25) is 9.59 Å². The fraction of sp³-hybridized carbons (Fsp3) is 0.300. The largest absolute Gasteiger partial charge is 0.481 e. The van der Waals surface area contributed by atoms with Crippen molar-refractivity contribution in [3.63, 3.8) is 0 Å². The highest BCUT2D eigenvalue weighted by molar-refractivity contribution is 5.94. The van der Waals surface area contributed by atoms with E-state index in [1.165, 1.54) is 12.5 Å². The van der Waals surface area contributed by atoms with E-state index in [2.05, 4.69) is 12.2 Å². The summed E-state index contributed by atoms with van der Waals surface area (Å²) in [6, 6.07) is 16.9. The average Bonchev–Trinajstić information content (AvgIpc) is 2.60. The van der Waals surface area contributed by atoms with Crippen molar-refractivity contribution in [2.75, 3.05) is 6.54 Å². The third-order valence-corrected chi connectivity index (χ3v) is 3.87. The Morgan fingerprint density at radius 2 is 1.75 bits per heavy atom. The van der Waals surface area contributed by atoms with Crippen LogP contribution in [0.5, 0.6) is 5.75 Å². The van der Waals surface area contributed by atoms with E-state index in [0.29, 0.717) is 17.9 Å². The van der Waals surface area contributed by atoms with Crippen LogP contribution in [0.25, 0.3) is 0 Å². The summed E-state index contributed by atoms with van der Waals surface area (Å²) < 4.78 is 5.64. The first-order chi connectivity index (χ1) is 11.5. The SMILES string of the molecule is CC(=O)c1cccc(O[C@H](C)C(=O)NC[C@H](C)c2ccccc2)c1. The number of Topliss-reactive ketones (excluding diaryl/α,β-unsaturated/α-hetero) is 1. The Bertz CT molecular complexity index is 697. The lowest BCUT2D eigenvalue weighted by Gasteiger charge is -2.17. The van der Waals surface area contributed by atoms with Gasteiger partial charge in [0.15, 0.2) is 11.9 Å². The van der Waals surface area contributed by atoms with E-state index in [4.69, 9.17) is 4.74 Å². The minimum absolute atomic E-state index is 0.0331. The van der Waals surface area contributed by atoms with Crippen molar-refractivity contribution in [1.82, 2.24) is 5.32 Å². The highest BCUT2D eigenvalue weighted by atomic mass is 16.5. The van der Waals surface area contributed by atoms with Gasteiger partial charge >= 0.3 is 0 Å². The maximum atomic E-state index is 12.2. The highest BCUT2D eigenvalue weighted by Crippen LogP contribution is 2.16. The maximum absolute atomic E-state index is 12.2. The molecule has 0 unspecified atom stereocenters. The van der Waals surface area contributed by atoms with Gasteiger partial charge in [0.05, 0.1) is 0 Å². The van der Waals surface area contributed by atoms with E-state index >= 15 is 0 Å². The third-order valence-electron chi connectivity index (χ3n) is 3.87. The molecule has 1 N–H and O–H groups in total. The Kier molecular flexibility index (Phi) is 6.13. The number of hydrogen-bond donors (Lipinski definition) is 1. The second kappa shape index (κ2) is 8.29. The number of carbonyl (C=O) groups is 2. The molecular formula is C20H23NO3. The number of hydrogen-bond acceptors (Lipinski definition) is 3. The van der Waals surface area contributed by atoms with Crippen LogP contribution >= 0.6 is 0 Å². The number of nitrogens with one attached hydrogen (secondary N) is 1. The summed E-state index contributed by atoms with van der Waals surface area (Å²) in [6.45, 7) is 5.81. The Morgan fingerprint density at radius 1 is 1.04 bits per heavy atom. The van der Waals surface area contributed by atoms with Crippen LogP contribution in [0.2, 0.25) is 0 Å². The van der Waals surface area contributed by atoms with Gasteiger partial charge in [0.25, 0.3) is 5.91 Å². The van der Waals surface area contributed by atoms with Gasteiger partial charge in [0, 0.05) is 12.1 Å². The zero-order valence-electron chi connectivity index (χ0n) is 14.3. The first kappa shape index (κ1) is 17.7. The minimum atomic E-state index is -0.629. The molecule has 0 aliphatic heterocycles. The van der Waals surface area contributed by atoms with Gasteiger partial charge in [-0.2, -0.15) is 0 Å². The molecule has 0 heterocycles. The summed E-state index contributed by atoms with van der Waals surface area (Å²) in [5.41, 5.74) is 1.75. The average molecular weight is 325 g/mol. The number of rotatable bonds is 7. The molecule has 0 saturated heterocycles. The molecule has 1 amide bonds. The summed E-state index contributed by atoms with van der Waals surface area (Å²) >= 11 is 0. The molecule has 0 radical (unpaired) electrons. The molecule has 0 saturated carbocycles. The monoisotopic (exact) mass is 325 g/mol. The second-order valence-corrected chi connectivity index (χ2v) is 5.90. The molecular weight excluding hydrogens is 302 g/mol. The van der Waals surface area contributed by atoms with Crippen LogP contribution in [-0.4, -0.2) is 24.3 Å². The third kappa shape index (κ3) is 4.95. The molecule has 2 atom stereocenters. The van der Waals surface area contributed by atoms with Gasteiger partial charge in [-0.25, -0.2) is 0 Å². The summed E-state index contributed by atoms with van der Waals surface area (Å²) in [4.78, 5) is 23.6. The van der Waals surface area contributed by atoms with Crippen LogP contribution in [0.4, 0.5) is 0 Å². The van der Waals surface area contributed by atoms with Crippen LogP contribution in [0.15, 0.2) is 54.6 Å². The molecule has 4 nitrogen and oxygen atoms in total. The van der Waals surface area contributed by atoms with Crippen LogP contribution in [0.1, 0.15) is 42.6 Å². The Balaban J connectivity index is 1.88. The Labute approximate surface area is 142 Å². The predicted octanol–water partition coefficient (Wildman–Crippen LogP) is 3.58. The fourth-order valence-electron chi connectivity index (χ4n) is 2.34. The number of ketones is 1. The zero-order chi connectivity index (χ0) is 17.5. The molecule has 0 aromatic heterocycles. The molecule has 24 heavy (non-hydrogen) atoms. The normalized spacial score (nSPS) is 13.0. The van der Waals surface area contributed by atoms with Gasteiger partial charge < -0.3 is 10.1 Å². The van der Waals surface area contributed by atoms with Gasteiger partial charge in [-0.1, -0.05) is 49.4 Å². The van der Waals surface area contributed by atoms with Crippen molar-refractivity contribution >= 4 is 11.7 Å². The van der Waals surface area contributed by atoms with Crippen molar-refractivity contribution in [2.45, 2.75) is 32.8 Å². The Morgan fingerprint density at radius 3 is 2.42 bits per heavy atom. The van der Waals surface area contributed by atoms with E-state index in [1.54, 1.807) is 31.2 Å². The van der Waals surface area contributed by atoms with Crippen LogP contribution < -0.4 is 10.1 Å². The quantitative estimate of drug-likeness (QED) is 0.792. The van der Waals surface area contributed by atoms with Crippen molar-refractivity contribution in [3.05, 3.63) is 65.7 Å². The molecule has 0 bridgehead atoms.